The second-order valence-electron chi connectivity index (χ2n) is 5.92. The molecule has 2 nitrogen and oxygen atoms in total. The average Bonchev–Trinajstić information content (AvgIpc) is 2.84. The van der Waals surface area contributed by atoms with Crippen molar-refractivity contribution in [3.63, 3.8) is 0 Å². The van der Waals surface area contributed by atoms with Gasteiger partial charge in [-0.05, 0) is 38.0 Å². The van der Waals surface area contributed by atoms with Gasteiger partial charge in [-0.1, -0.05) is 25.7 Å². The van der Waals surface area contributed by atoms with E-state index in [0.29, 0.717) is 6.04 Å². The van der Waals surface area contributed by atoms with Gasteiger partial charge in [-0.15, -0.1) is 0 Å². The Bertz CT molecular complexity index is 221. The maximum absolute atomic E-state index is 10.6. The second-order valence-corrected chi connectivity index (χ2v) is 5.92. The van der Waals surface area contributed by atoms with E-state index in [-0.39, 0.29) is 5.60 Å². The first kappa shape index (κ1) is 10.1. The van der Waals surface area contributed by atoms with Crippen molar-refractivity contribution in [3.8, 4) is 0 Å². The van der Waals surface area contributed by atoms with Gasteiger partial charge in [0.05, 0.1) is 5.60 Å². The van der Waals surface area contributed by atoms with Crippen molar-refractivity contribution in [2.45, 2.75) is 75.5 Å². The first-order valence-corrected chi connectivity index (χ1v) is 6.76. The molecule has 0 bridgehead atoms. The van der Waals surface area contributed by atoms with Gasteiger partial charge in [-0.25, -0.2) is 0 Å². The molecule has 0 aromatic heterocycles. The molecule has 0 radical (unpaired) electrons. The highest BCUT2D eigenvalue weighted by atomic mass is 16.3. The van der Waals surface area contributed by atoms with E-state index in [0.717, 1.165) is 24.8 Å². The average molecular weight is 209 g/mol. The van der Waals surface area contributed by atoms with Crippen molar-refractivity contribution in [2.24, 2.45) is 5.92 Å². The van der Waals surface area contributed by atoms with Crippen LogP contribution in [0.25, 0.3) is 0 Å². The van der Waals surface area contributed by atoms with Crippen molar-refractivity contribution >= 4 is 0 Å². The van der Waals surface area contributed by atoms with E-state index in [1.54, 1.807) is 0 Å². The zero-order valence-electron chi connectivity index (χ0n) is 9.54. The summed E-state index contributed by atoms with van der Waals surface area (Å²) in [5, 5.41) is 14.3. The molecule has 2 saturated carbocycles. The quantitative estimate of drug-likeness (QED) is 0.694. The van der Waals surface area contributed by atoms with Crippen LogP contribution < -0.4 is 5.32 Å². The molecule has 0 aromatic rings. The highest BCUT2D eigenvalue weighted by Gasteiger charge is 2.46. The fraction of sp³-hybridized carbons (Fsp3) is 1.00. The van der Waals surface area contributed by atoms with Crippen molar-refractivity contribution in [1.82, 2.24) is 5.32 Å². The lowest BCUT2D eigenvalue weighted by atomic mass is 9.82. The molecule has 2 aliphatic carbocycles. The van der Waals surface area contributed by atoms with Gasteiger partial charge in [0.2, 0.25) is 0 Å². The molecule has 0 aromatic carbocycles. The molecule has 1 saturated heterocycles. The van der Waals surface area contributed by atoms with Crippen LogP contribution in [0.15, 0.2) is 0 Å². The fourth-order valence-electron chi connectivity index (χ4n) is 4.05. The summed E-state index contributed by atoms with van der Waals surface area (Å²) < 4.78 is 0. The van der Waals surface area contributed by atoms with E-state index >= 15 is 0 Å². The Morgan fingerprint density at radius 3 is 2.47 bits per heavy atom. The van der Waals surface area contributed by atoms with Crippen LogP contribution in [-0.4, -0.2) is 22.8 Å². The minimum Gasteiger partial charge on any atom is -0.388 e. The van der Waals surface area contributed by atoms with E-state index in [1.165, 1.54) is 44.9 Å². The molecule has 1 heterocycles. The largest absolute Gasteiger partial charge is 0.388 e. The molecule has 3 unspecified atom stereocenters. The second kappa shape index (κ2) is 3.74. The van der Waals surface area contributed by atoms with E-state index in [4.69, 9.17) is 0 Å². The SMILES string of the molecule is OC1(C2CC3CCCCC3N2)CCCC1. The van der Waals surface area contributed by atoms with Gasteiger partial charge in [0.25, 0.3) is 0 Å². The smallest absolute Gasteiger partial charge is 0.0800 e. The Labute approximate surface area is 92.4 Å². The lowest BCUT2D eigenvalue weighted by Gasteiger charge is -2.30. The molecule has 2 heteroatoms. The predicted octanol–water partition coefficient (Wildman–Crippen LogP) is 2.21. The molecule has 2 N–H and O–H groups in total. The van der Waals surface area contributed by atoms with Gasteiger partial charge >= 0.3 is 0 Å². The minimum atomic E-state index is -0.350. The molecular weight excluding hydrogens is 186 g/mol. The van der Waals surface area contributed by atoms with Crippen LogP contribution in [0.3, 0.4) is 0 Å². The Morgan fingerprint density at radius 2 is 1.73 bits per heavy atom. The summed E-state index contributed by atoms with van der Waals surface area (Å²) in [6.07, 6.45) is 11.3. The topological polar surface area (TPSA) is 32.3 Å². The van der Waals surface area contributed by atoms with Crippen LogP contribution in [0, 0.1) is 5.92 Å². The number of aliphatic hydroxyl groups is 1. The molecule has 0 spiro atoms. The summed E-state index contributed by atoms with van der Waals surface area (Å²) in [5.41, 5.74) is -0.350. The molecule has 3 atom stereocenters. The minimum absolute atomic E-state index is 0.350. The Morgan fingerprint density at radius 1 is 1.00 bits per heavy atom. The van der Waals surface area contributed by atoms with Gasteiger partial charge < -0.3 is 10.4 Å². The highest BCUT2D eigenvalue weighted by Crippen LogP contribution is 2.41. The lowest BCUT2D eigenvalue weighted by molar-refractivity contribution is 0.0123. The van der Waals surface area contributed by atoms with Crippen LogP contribution in [0.4, 0.5) is 0 Å². The number of hydrogen-bond donors (Lipinski definition) is 2. The molecule has 3 aliphatic rings. The van der Waals surface area contributed by atoms with Gasteiger partial charge in [0, 0.05) is 12.1 Å². The van der Waals surface area contributed by atoms with Crippen LogP contribution >= 0.6 is 0 Å². The third kappa shape index (κ3) is 1.72. The summed E-state index contributed by atoms with van der Waals surface area (Å²) in [4.78, 5) is 0. The normalized spacial score (nSPS) is 44.2. The first-order chi connectivity index (χ1) is 7.28. The van der Waals surface area contributed by atoms with Crippen LogP contribution in [0.2, 0.25) is 0 Å². The van der Waals surface area contributed by atoms with Crippen molar-refractivity contribution in [2.75, 3.05) is 0 Å². The Hall–Kier alpha value is -0.0800. The highest BCUT2D eigenvalue weighted by molar-refractivity contribution is 5.03. The van der Waals surface area contributed by atoms with Crippen LogP contribution in [0.5, 0.6) is 0 Å². The number of nitrogens with one attached hydrogen (secondary N) is 1. The molecule has 1 aliphatic heterocycles. The first-order valence-electron chi connectivity index (χ1n) is 6.76. The van der Waals surface area contributed by atoms with Crippen molar-refractivity contribution < 1.29 is 5.11 Å². The van der Waals surface area contributed by atoms with Gasteiger partial charge in [0.15, 0.2) is 0 Å². The number of hydrogen-bond acceptors (Lipinski definition) is 2. The molecule has 3 rings (SSSR count). The Kier molecular flexibility index (Phi) is 2.52. The molecule has 86 valence electrons. The van der Waals surface area contributed by atoms with Gasteiger partial charge in [-0.2, -0.15) is 0 Å². The zero-order chi connectivity index (χ0) is 10.3. The molecule has 0 amide bonds. The number of fused-ring (bicyclic) bond motifs is 1. The monoisotopic (exact) mass is 209 g/mol. The lowest BCUT2D eigenvalue weighted by Crippen LogP contribution is -2.47. The van der Waals surface area contributed by atoms with Crippen LogP contribution in [-0.2, 0) is 0 Å². The summed E-state index contributed by atoms with van der Waals surface area (Å²) in [7, 11) is 0. The molecule has 15 heavy (non-hydrogen) atoms. The fourth-order valence-corrected chi connectivity index (χ4v) is 4.05. The van der Waals surface area contributed by atoms with E-state index in [9.17, 15) is 5.11 Å². The maximum Gasteiger partial charge on any atom is 0.0800 e. The summed E-state index contributed by atoms with van der Waals surface area (Å²) in [6.45, 7) is 0. The van der Waals surface area contributed by atoms with Crippen molar-refractivity contribution in [3.05, 3.63) is 0 Å². The molecular formula is C13H23NO. The van der Waals surface area contributed by atoms with Crippen LogP contribution in [0.1, 0.15) is 57.8 Å². The third-order valence-electron chi connectivity index (χ3n) is 4.98. The third-order valence-corrected chi connectivity index (χ3v) is 4.98. The van der Waals surface area contributed by atoms with Gasteiger partial charge in [-0.3, -0.25) is 0 Å². The van der Waals surface area contributed by atoms with Crippen molar-refractivity contribution in [1.29, 1.82) is 0 Å². The Balaban J connectivity index is 1.69. The summed E-state index contributed by atoms with van der Waals surface area (Å²) in [5.74, 6) is 0.869. The standard InChI is InChI=1S/C13H23NO/c15-13(7-3-4-8-13)12-9-10-5-1-2-6-11(10)14-12/h10-12,14-15H,1-9H2. The van der Waals surface area contributed by atoms with Gasteiger partial charge in [0.1, 0.15) is 0 Å². The summed E-state index contributed by atoms with van der Waals surface area (Å²) >= 11 is 0. The predicted molar refractivity (Wildman–Crippen MR) is 60.7 cm³/mol. The van der Waals surface area contributed by atoms with E-state index < -0.39 is 0 Å². The van der Waals surface area contributed by atoms with E-state index in [1.807, 2.05) is 0 Å². The van der Waals surface area contributed by atoms with E-state index in [2.05, 4.69) is 5.32 Å². The number of rotatable bonds is 1. The summed E-state index contributed by atoms with van der Waals surface area (Å²) in [6, 6.07) is 1.14. The maximum atomic E-state index is 10.6. The molecule has 3 fully saturated rings. The zero-order valence-corrected chi connectivity index (χ0v) is 9.54.